The zero-order chi connectivity index (χ0) is 16.7. The molecule has 0 radical (unpaired) electrons. The summed E-state index contributed by atoms with van der Waals surface area (Å²) in [6, 6.07) is 17.4. The monoisotopic (exact) mass is 321 g/mol. The van der Waals surface area contributed by atoms with Crippen molar-refractivity contribution < 1.29 is 5.11 Å². The number of nitrogens with zero attached hydrogens (tertiary/aromatic N) is 1. The average Bonchev–Trinajstić information content (AvgIpc) is 2.59. The van der Waals surface area contributed by atoms with Crippen LogP contribution in [0.4, 0.5) is 0 Å². The molecule has 2 aliphatic rings. The summed E-state index contributed by atoms with van der Waals surface area (Å²) in [6.07, 6.45) is 3.42. The number of fused-ring (bicyclic) bond motifs is 4. The van der Waals surface area contributed by atoms with Gasteiger partial charge in [-0.25, -0.2) is 0 Å². The van der Waals surface area contributed by atoms with Gasteiger partial charge in [0.1, 0.15) is 5.75 Å². The molecule has 0 spiro atoms. The van der Waals surface area contributed by atoms with Crippen molar-refractivity contribution >= 4 is 0 Å². The number of aromatic hydroxyl groups is 1. The molecule has 0 amide bonds. The first-order valence-electron chi connectivity index (χ1n) is 9.18. The number of hydrogen-bond acceptors (Lipinski definition) is 2. The Balaban J connectivity index is 1.57. The quantitative estimate of drug-likeness (QED) is 0.917. The second-order valence-corrected chi connectivity index (χ2v) is 7.84. The first-order valence-corrected chi connectivity index (χ1v) is 9.18. The Bertz CT molecular complexity index is 726. The predicted octanol–water partition coefficient (Wildman–Crippen LogP) is 4.16. The second kappa shape index (κ2) is 5.93. The third-order valence-electron chi connectivity index (χ3n) is 6.64. The zero-order valence-corrected chi connectivity index (χ0v) is 14.7. The summed E-state index contributed by atoms with van der Waals surface area (Å²) < 4.78 is 0. The van der Waals surface area contributed by atoms with Crippen LogP contribution in [0.15, 0.2) is 48.5 Å². The third kappa shape index (κ3) is 2.53. The lowest BCUT2D eigenvalue weighted by atomic mass is 9.59. The molecule has 2 heteroatoms. The van der Waals surface area contributed by atoms with Crippen LogP contribution in [0, 0.1) is 5.92 Å². The molecule has 1 heterocycles. The van der Waals surface area contributed by atoms with Gasteiger partial charge < -0.3 is 5.11 Å². The highest BCUT2D eigenvalue weighted by atomic mass is 16.3. The maximum atomic E-state index is 9.94. The lowest BCUT2D eigenvalue weighted by Gasteiger charge is -2.54. The summed E-state index contributed by atoms with van der Waals surface area (Å²) in [6.45, 7) is 7.11. The van der Waals surface area contributed by atoms with Crippen LogP contribution in [0.1, 0.15) is 37.0 Å². The van der Waals surface area contributed by atoms with Crippen LogP contribution in [0.25, 0.3) is 0 Å². The topological polar surface area (TPSA) is 23.5 Å². The van der Waals surface area contributed by atoms with E-state index in [2.05, 4.69) is 55.1 Å². The van der Waals surface area contributed by atoms with Crippen molar-refractivity contribution in [3.05, 3.63) is 65.2 Å². The smallest absolute Gasteiger partial charge is 0.115 e. The molecule has 0 aromatic heterocycles. The van der Waals surface area contributed by atoms with Crippen molar-refractivity contribution in [2.24, 2.45) is 5.92 Å². The summed E-state index contributed by atoms with van der Waals surface area (Å²) in [5.74, 6) is 1.03. The van der Waals surface area contributed by atoms with Gasteiger partial charge in [0.25, 0.3) is 0 Å². The van der Waals surface area contributed by atoms with Crippen molar-refractivity contribution in [3.63, 3.8) is 0 Å². The van der Waals surface area contributed by atoms with E-state index in [4.69, 9.17) is 0 Å². The maximum Gasteiger partial charge on any atom is 0.115 e. The van der Waals surface area contributed by atoms with Gasteiger partial charge >= 0.3 is 0 Å². The fourth-order valence-electron chi connectivity index (χ4n) is 4.89. The molecular weight excluding hydrogens is 294 g/mol. The molecule has 2 aromatic carbocycles. The van der Waals surface area contributed by atoms with Crippen LogP contribution < -0.4 is 0 Å². The fraction of sp³-hybridized carbons (Fsp3) is 0.455. The van der Waals surface area contributed by atoms with Crippen molar-refractivity contribution in [1.29, 1.82) is 0 Å². The number of rotatable bonds is 3. The first-order chi connectivity index (χ1) is 11.6. The normalized spacial score (nSPS) is 29.2. The van der Waals surface area contributed by atoms with E-state index in [1.807, 2.05) is 12.1 Å². The highest BCUT2D eigenvalue weighted by Gasteiger charge is 2.48. The highest BCUT2D eigenvalue weighted by Crippen LogP contribution is 2.49. The Labute approximate surface area is 145 Å². The molecule has 1 saturated heterocycles. The molecule has 1 N–H and O–H groups in total. The van der Waals surface area contributed by atoms with Gasteiger partial charge in [-0.15, -0.1) is 0 Å². The molecule has 126 valence electrons. The van der Waals surface area contributed by atoms with E-state index in [0.717, 1.165) is 25.9 Å². The fourth-order valence-corrected chi connectivity index (χ4v) is 4.89. The Morgan fingerprint density at radius 2 is 1.96 bits per heavy atom. The second-order valence-electron chi connectivity index (χ2n) is 7.84. The largest absolute Gasteiger partial charge is 0.508 e. The van der Waals surface area contributed by atoms with E-state index in [0.29, 0.717) is 17.7 Å². The molecule has 0 saturated carbocycles. The van der Waals surface area contributed by atoms with Crippen LogP contribution in [-0.4, -0.2) is 29.1 Å². The molecule has 1 fully saturated rings. The van der Waals surface area contributed by atoms with E-state index >= 15 is 0 Å². The molecular formula is C22H27NO. The number of likely N-dealkylation sites (tertiary alicyclic amines) is 1. The van der Waals surface area contributed by atoms with Gasteiger partial charge in [0.15, 0.2) is 0 Å². The van der Waals surface area contributed by atoms with Crippen molar-refractivity contribution in [1.82, 2.24) is 4.90 Å². The molecule has 1 aliphatic carbocycles. The number of phenols is 1. The predicted molar refractivity (Wildman–Crippen MR) is 98.5 cm³/mol. The van der Waals surface area contributed by atoms with Crippen molar-refractivity contribution in [2.45, 2.75) is 44.6 Å². The Morgan fingerprint density at radius 3 is 2.75 bits per heavy atom. The number of benzene rings is 2. The number of piperidine rings is 1. The van der Waals surface area contributed by atoms with Gasteiger partial charge in [-0.3, -0.25) is 4.90 Å². The van der Waals surface area contributed by atoms with Crippen LogP contribution in [0.5, 0.6) is 5.75 Å². The van der Waals surface area contributed by atoms with Gasteiger partial charge in [0, 0.05) is 12.6 Å². The Hall–Kier alpha value is -1.80. The molecule has 2 aromatic rings. The zero-order valence-electron chi connectivity index (χ0n) is 14.7. The summed E-state index contributed by atoms with van der Waals surface area (Å²) >= 11 is 0. The van der Waals surface area contributed by atoms with Gasteiger partial charge in [-0.1, -0.05) is 50.2 Å². The SMILES string of the molecule is CC1C2Cc3ccc(O)cc3[C@]1(C)CCN2CCc1ccccc1. The summed E-state index contributed by atoms with van der Waals surface area (Å²) in [5, 5.41) is 9.94. The van der Waals surface area contributed by atoms with E-state index < -0.39 is 0 Å². The Kier molecular flexibility index (Phi) is 3.88. The van der Waals surface area contributed by atoms with Gasteiger partial charge in [0.2, 0.25) is 0 Å². The number of hydrogen-bond donors (Lipinski definition) is 1. The molecule has 2 bridgehead atoms. The third-order valence-corrected chi connectivity index (χ3v) is 6.64. The minimum Gasteiger partial charge on any atom is -0.508 e. The minimum absolute atomic E-state index is 0.195. The molecule has 1 aliphatic heterocycles. The summed E-state index contributed by atoms with van der Waals surface area (Å²) in [4.78, 5) is 2.70. The van der Waals surface area contributed by atoms with Gasteiger partial charge in [-0.2, -0.15) is 0 Å². The number of phenolic OH excluding ortho intramolecular Hbond substituents is 1. The maximum absolute atomic E-state index is 9.94. The molecule has 4 rings (SSSR count). The minimum atomic E-state index is 0.195. The average molecular weight is 321 g/mol. The summed E-state index contributed by atoms with van der Waals surface area (Å²) in [5.41, 5.74) is 4.44. The molecule has 3 atom stereocenters. The van der Waals surface area contributed by atoms with Crippen molar-refractivity contribution in [2.75, 3.05) is 13.1 Å². The Morgan fingerprint density at radius 1 is 1.17 bits per heavy atom. The van der Waals surface area contributed by atoms with E-state index in [1.165, 1.54) is 23.1 Å². The molecule has 24 heavy (non-hydrogen) atoms. The van der Waals surface area contributed by atoms with Crippen LogP contribution in [-0.2, 0) is 18.3 Å². The van der Waals surface area contributed by atoms with E-state index in [9.17, 15) is 5.11 Å². The summed E-state index contributed by atoms with van der Waals surface area (Å²) in [7, 11) is 0. The molecule has 2 unspecified atom stereocenters. The first kappa shape index (κ1) is 15.7. The lowest BCUT2D eigenvalue weighted by Crippen LogP contribution is -2.58. The van der Waals surface area contributed by atoms with Gasteiger partial charge in [-0.05, 0) is 66.0 Å². The van der Waals surface area contributed by atoms with Gasteiger partial charge in [0.05, 0.1) is 0 Å². The van der Waals surface area contributed by atoms with Crippen LogP contribution >= 0.6 is 0 Å². The standard InChI is InChI=1S/C22H27NO/c1-16-21-14-18-8-9-19(24)15-20(18)22(16,2)11-13-23(21)12-10-17-6-4-3-5-7-17/h3-9,15-16,21,24H,10-14H2,1-2H3/t16?,21?,22-/m1/s1. The van der Waals surface area contributed by atoms with Crippen molar-refractivity contribution in [3.8, 4) is 5.75 Å². The highest BCUT2D eigenvalue weighted by molar-refractivity contribution is 5.44. The lowest BCUT2D eigenvalue weighted by molar-refractivity contribution is 0.0322. The van der Waals surface area contributed by atoms with E-state index in [1.54, 1.807) is 0 Å². The van der Waals surface area contributed by atoms with Crippen LogP contribution in [0.2, 0.25) is 0 Å². The van der Waals surface area contributed by atoms with Crippen LogP contribution in [0.3, 0.4) is 0 Å². The molecule has 2 nitrogen and oxygen atoms in total. The van der Waals surface area contributed by atoms with E-state index in [-0.39, 0.29) is 5.41 Å².